The van der Waals surface area contributed by atoms with Crippen molar-refractivity contribution in [2.24, 2.45) is 11.8 Å². The van der Waals surface area contributed by atoms with E-state index in [1.165, 1.54) is 15.9 Å². The molecule has 6 rings (SSSR count). The third kappa shape index (κ3) is 6.36. The van der Waals surface area contributed by atoms with Crippen LogP contribution in [0.5, 0.6) is 0 Å². The lowest BCUT2D eigenvalue weighted by Gasteiger charge is -2.29. The molecule has 5 atom stereocenters. The lowest BCUT2D eigenvalue weighted by Crippen LogP contribution is -2.57. The molecule has 3 N–H and O–H groups in total. The number of ether oxygens (including phenoxy) is 1. The molecule has 0 aromatic heterocycles. The van der Waals surface area contributed by atoms with Crippen LogP contribution in [0.2, 0.25) is 0 Å². The minimum atomic E-state index is -1.34. The number of amides is 5. The Bertz CT molecular complexity index is 1470. The van der Waals surface area contributed by atoms with Crippen molar-refractivity contribution < 1.29 is 33.1 Å². The summed E-state index contributed by atoms with van der Waals surface area (Å²) in [6.07, 6.45) is 9.24. The molecule has 45 heavy (non-hydrogen) atoms. The first-order chi connectivity index (χ1) is 21.7. The molecule has 3 fully saturated rings. The van der Waals surface area contributed by atoms with E-state index in [1.807, 2.05) is 12.2 Å². The molecule has 5 aliphatic rings. The summed E-state index contributed by atoms with van der Waals surface area (Å²) in [5, 5.41) is 17.0. The SMILES string of the molecule is N#CNC(=O)[C@@]12C[C@H]1/C=C\CCCCC[C@H](NC(=O)C1CC1)C(=O)N1C[C@H](OC(=O)N3Cc4cccc(F)c4C3)CC1C(=O)N2. The standard InChI is InChI=1S/C32H37FN6O6/c33-24-9-6-7-20-15-38(17-23(20)24)31(44)45-22-13-26-28(41)37-32(30(43)35-18-34)14-21(32)8-4-2-1-3-5-10-25(29(42)39(26)16-22)36-27(40)19-11-12-19/h4,6-9,19,21-22,25-26H,1-3,5,10-17H2,(H,35,43)(H,36,40)(H,37,41)/b8-4-/t21-,22-,25+,26?,32-/m1/s1. The van der Waals surface area contributed by atoms with Crippen molar-refractivity contribution >= 4 is 29.7 Å². The number of benzene rings is 1. The third-order valence-corrected chi connectivity index (χ3v) is 9.53. The molecule has 238 valence electrons. The summed E-state index contributed by atoms with van der Waals surface area (Å²) < 4.78 is 20.1. The van der Waals surface area contributed by atoms with Gasteiger partial charge < -0.3 is 20.3 Å². The Labute approximate surface area is 260 Å². The first-order valence-corrected chi connectivity index (χ1v) is 15.7. The lowest BCUT2D eigenvalue weighted by atomic mass is 10.0. The highest BCUT2D eigenvalue weighted by molar-refractivity contribution is 5.99. The summed E-state index contributed by atoms with van der Waals surface area (Å²) in [7, 11) is 0. The van der Waals surface area contributed by atoms with Crippen LogP contribution in [0.3, 0.4) is 0 Å². The number of carbonyl (C=O) groups excluding carboxylic acids is 5. The Morgan fingerprint density at radius 3 is 2.69 bits per heavy atom. The maximum atomic E-state index is 14.3. The number of nitrogens with zero attached hydrogens (tertiary/aromatic N) is 3. The van der Waals surface area contributed by atoms with Gasteiger partial charge in [-0.1, -0.05) is 37.1 Å². The number of halogens is 1. The number of fused-ring (bicyclic) bond motifs is 3. The molecule has 0 bridgehead atoms. The number of hydrogen-bond acceptors (Lipinski definition) is 7. The van der Waals surface area contributed by atoms with E-state index in [2.05, 4.69) is 16.0 Å². The van der Waals surface area contributed by atoms with Crippen molar-refractivity contribution in [3.8, 4) is 6.19 Å². The number of rotatable bonds is 4. The highest BCUT2D eigenvalue weighted by Gasteiger charge is 2.61. The normalized spacial score (nSPS) is 30.3. The van der Waals surface area contributed by atoms with Gasteiger partial charge in [0.1, 0.15) is 29.5 Å². The zero-order valence-electron chi connectivity index (χ0n) is 24.9. The van der Waals surface area contributed by atoms with Crippen LogP contribution in [-0.2, 0) is 37.0 Å². The van der Waals surface area contributed by atoms with Gasteiger partial charge in [0.25, 0.3) is 5.91 Å². The van der Waals surface area contributed by atoms with E-state index in [4.69, 9.17) is 10.00 Å². The largest absolute Gasteiger partial charge is 0.444 e. The molecule has 13 heteroatoms. The van der Waals surface area contributed by atoms with Gasteiger partial charge in [-0.25, -0.2) is 9.18 Å². The minimum Gasteiger partial charge on any atom is -0.444 e. The van der Waals surface area contributed by atoms with Gasteiger partial charge >= 0.3 is 6.09 Å². The summed E-state index contributed by atoms with van der Waals surface area (Å²) in [6.45, 7) is 0.126. The molecule has 2 aliphatic carbocycles. The number of nitrogens with one attached hydrogen (secondary N) is 3. The van der Waals surface area contributed by atoms with E-state index in [0.717, 1.165) is 32.1 Å². The number of nitriles is 1. The number of allylic oxidation sites excluding steroid dienone is 1. The van der Waals surface area contributed by atoms with Crippen molar-refractivity contribution in [1.82, 2.24) is 25.8 Å². The predicted octanol–water partition coefficient (Wildman–Crippen LogP) is 2.13. The Kier molecular flexibility index (Phi) is 8.48. The lowest BCUT2D eigenvalue weighted by molar-refractivity contribution is -0.142. The molecule has 0 radical (unpaired) electrons. The van der Waals surface area contributed by atoms with Crippen molar-refractivity contribution in [1.29, 1.82) is 5.26 Å². The Balaban J connectivity index is 1.23. The van der Waals surface area contributed by atoms with Crippen LogP contribution in [0.1, 0.15) is 68.9 Å². The quantitative estimate of drug-likeness (QED) is 0.264. The second-order valence-electron chi connectivity index (χ2n) is 12.7. The van der Waals surface area contributed by atoms with Crippen molar-refractivity contribution in [3.05, 3.63) is 47.3 Å². The summed E-state index contributed by atoms with van der Waals surface area (Å²) in [5.41, 5.74) is -0.229. The highest BCUT2D eigenvalue weighted by atomic mass is 19.1. The molecule has 2 saturated carbocycles. The van der Waals surface area contributed by atoms with Crippen LogP contribution in [0.15, 0.2) is 30.4 Å². The summed E-state index contributed by atoms with van der Waals surface area (Å²) in [4.78, 5) is 69.6. The van der Waals surface area contributed by atoms with Crippen LogP contribution in [-0.4, -0.2) is 69.8 Å². The van der Waals surface area contributed by atoms with Gasteiger partial charge in [-0.15, -0.1) is 0 Å². The molecule has 3 heterocycles. The van der Waals surface area contributed by atoms with Crippen molar-refractivity contribution in [3.63, 3.8) is 0 Å². The molecular formula is C32H37FN6O6. The Hall–Kier alpha value is -4.47. The maximum absolute atomic E-state index is 14.3. The summed E-state index contributed by atoms with van der Waals surface area (Å²) >= 11 is 0. The Morgan fingerprint density at radius 1 is 1.11 bits per heavy atom. The number of hydrogen-bond donors (Lipinski definition) is 3. The van der Waals surface area contributed by atoms with E-state index in [-0.39, 0.29) is 43.8 Å². The fourth-order valence-electron chi connectivity index (χ4n) is 6.69. The van der Waals surface area contributed by atoms with Gasteiger partial charge in [-0.2, -0.15) is 5.26 Å². The zero-order chi connectivity index (χ0) is 31.7. The van der Waals surface area contributed by atoms with E-state index in [9.17, 15) is 28.4 Å². The molecule has 1 aromatic rings. The molecule has 12 nitrogen and oxygen atoms in total. The van der Waals surface area contributed by atoms with Gasteiger partial charge in [0.15, 0.2) is 6.19 Å². The average Bonchev–Trinajstić information content (AvgIpc) is 3.89. The van der Waals surface area contributed by atoms with Crippen molar-refractivity contribution in [2.75, 3.05) is 6.54 Å². The van der Waals surface area contributed by atoms with Gasteiger partial charge in [0, 0.05) is 30.4 Å². The maximum Gasteiger partial charge on any atom is 0.410 e. The molecule has 1 unspecified atom stereocenters. The van der Waals surface area contributed by atoms with E-state index in [1.54, 1.807) is 18.3 Å². The van der Waals surface area contributed by atoms with E-state index < -0.39 is 53.4 Å². The van der Waals surface area contributed by atoms with Gasteiger partial charge in [0.05, 0.1) is 13.1 Å². The third-order valence-electron chi connectivity index (χ3n) is 9.53. The van der Waals surface area contributed by atoms with Crippen LogP contribution in [0.4, 0.5) is 9.18 Å². The highest BCUT2D eigenvalue weighted by Crippen LogP contribution is 2.45. The van der Waals surface area contributed by atoms with E-state index >= 15 is 0 Å². The molecule has 3 aliphatic heterocycles. The second-order valence-corrected chi connectivity index (χ2v) is 12.7. The average molecular weight is 621 g/mol. The minimum absolute atomic E-state index is 0.0296. The van der Waals surface area contributed by atoms with Crippen LogP contribution < -0.4 is 16.0 Å². The Morgan fingerprint density at radius 2 is 1.93 bits per heavy atom. The topological polar surface area (TPSA) is 161 Å². The van der Waals surface area contributed by atoms with Gasteiger partial charge in [-0.05, 0) is 50.2 Å². The van der Waals surface area contributed by atoms with Crippen LogP contribution in [0.25, 0.3) is 0 Å². The number of carbonyl (C=O) groups is 5. The molecule has 5 amide bonds. The summed E-state index contributed by atoms with van der Waals surface area (Å²) in [6, 6.07) is 2.71. The second kappa shape index (κ2) is 12.5. The molecule has 1 aromatic carbocycles. The first-order valence-electron chi connectivity index (χ1n) is 15.7. The fourth-order valence-corrected chi connectivity index (χ4v) is 6.69. The van der Waals surface area contributed by atoms with Crippen molar-refractivity contribution in [2.45, 2.75) is 94.6 Å². The monoisotopic (exact) mass is 620 g/mol. The molecular weight excluding hydrogens is 583 g/mol. The fraction of sp³-hybridized carbons (Fsp3) is 0.562. The predicted molar refractivity (Wildman–Crippen MR) is 156 cm³/mol. The first kappa shape index (κ1) is 30.6. The zero-order valence-corrected chi connectivity index (χ0v) is 24.9. The van der Waals surface area contributed by atoms with E-state index in [0.29, 0.717) is 30.4 Å². The van der Waals surface area contributed by atoms with Crippen LogP contribution in [0, 0.1) is 29.1 Å². The molecule has 1 saturated heterocycles. The molecule has 0 spiro atoms. The summed E-state index contributed by atoms with van der Waals surface area (Å²) in [5.74, 6) is -2.72. The van der Waals surface area contributed by atoms with Gasteiger partial charge in [-0.3, -0.25) is 29.4 Å². The van der Waals surface area contributed by atoms with Crippen LogP contribution >= 0.6 is 0 Å². The smallest absolute Gasteiger partial charge is 0.410 e. The van der Waals surface area contributed by atoms with Gasteiger partial charge in [0.2, 0.25) is 17.7 Å².